The van der Waals surface area contributed by atoms with Gasteiger partial charge in [-0.25, -0.2) is 0 Å². The zero-order valence-electron chi connectivity index (χ0n) is 19.7. The van der Waals surface area contributed by atoms with E-state index < -0.39 is 0 Å². The van der Waals surface area contributed by atoms with Gasteiger partial charge in [-0.1, -0.05) is 29.8 Å². The van der Waals surface area contributed by atoms with E-state index in [4.69, 9.17) is 0 Å². The zero-order chi connectivity index (χ0) is 25.2. The first-order chi connectivity index (χ1) is 17.4. The number of fused-ring (bicyclic) bond motifs is 1. The molecule has 0 saturated carbocycles. The van der Waals surface area contributed by atoms with Crippen molar-refractivity contribution in [2.45, 2.75) is 19.8 Å². The molecule has 0 unspecified atom stereocenters. The minimum atomic E-state index is -0.324. The minimum absolute atomic E-state index is 0.172. The van der Waals surface area contributed by atoms with Crippen molar-refractivity contribution in [3.8, 4) is 0 Å². The van der Waals surface area contributed by atoms with E-state index in [0.29, 0.717) is 41.0 Å². The fourth-order valence-corrected chi connectivity index (χ4v) is 4.69. The van der Waals surface area contributed by atoms with E-state index in [2.05, 4.69) is 10.6 Å². The van der Waals surface area contributed by atoms with Gasteiger partial charge in [-0.2, -0.15) is 0 Å². The maximum atomic E-state index is 12.9. The lowest BCUT2D eigenvalue weighted by atomic mass is 9.82. The summed E-state index contributed by atoms with van der Waals surface area (Å²) in [4.78, 5) is 52.0. The van der Waals surface area contributed by atoms with Gasteiger partial charge in [0.15, 0.2) is 0 Å². The zero-order valence-corrected chi connectivity index (χ0v) is 19.7. The van der Waals surface area contributed by atoms with Crippen molar-refractivity contribution in [1.29, 1.82) is 0 Å². The molecule has 2 atom stereocenters. The predicted molar refractivity (Wildman–Crippen MR) is 138 cm³/mol. The Labute approximate surface area is 208 Å². The first-order valence-corrected chi connectivity index (χ1v) is 11.8. The molecule has 0 spiro atoms. The van der Waals surface area contributed by atoms with Crippen LogP contribution in [0.3, 0.4) is 0 Å². The molecule has 0 bridgehead atoms. The number of hydrogen-bond acceptors (Lipinski definition) is 4. The van der Waals surface area contributed by atoms with Gasteiger partial charge in [0.25, 0.3) is 11.8 Å². The van der Waals surface area contributed by atoms with Crippen molar-refractivity contribution in [3.63, 3.8) is 0 Å². The molecule has 1 aliphatic heterocycles. The van der Waals surface area contributed by atoms with Crippen LogP contribution in [0.4, 0.5) is 17.1 Å². The highest BCUT2D eigenvalue weighted by atomic mass is 16.2. The summed E-state index contributed by atoms with van der Waals surface area (Å²) in [6.07, 6.45) is 3.24. The van der Waals surface area contributed by atoms with Gasteiger partial charge in [0.1, 0.15) is 0 Å². The molecule has 1 saturated heterocycles. The van der Waals surface area contributed by atoms with Gasteiger partial charge in [-0.3, -0.25) is 24.1 Å². The van der Waals surface area contributed by atoms with Gasteiger partial charge in [-0.15, -0.1) is 0 Å². The summed E-state index contributed by atoms with van der Waals surface area (Å²) in [7, 11) is 0. The molecule has 2 N–H and O–H groups in total. The van der Waals surface area contributed by atoms with Crippen LogP contribution < -0.4 is 15.5 Å². The highest BCUT2D eigenvalue weighted by Gasteiger charge is 2.48. The van der Waals surface area contributed by atoms with Crippen LogP contribution in [0, 0.1) is 11.8 Å². The summed E-state index contributed by atoms with van der Waals surface area (Å²) in [5.41, 5.74) is 3.75. The Morgan fingerprint density at radius 3 is 1.83 bits per heavy atom. The normalized spacial score (nSPS) is 18.9. The van der Waals surface area contributed by atoms with Crippen LogP contribution in [0.1, 0.15) is 40.5 Å². The van der Waals surface area contributed by atoms with Gasteiger partial charge in [-0.05, 0) is 80.4 Å². The van der Waals surface area contributed by atoms with Crippen molar-refractivity contribution < 1.29 is 19.2 Å². The molecule has 0 radical (unpaired) electrons. The van der Waals surface area contributed by atoms with Crippen molar-refractivity contribution >= 4 is 40.7 Å². The molecule has 4 amide bonds. The van der Waals surface area contributed by atoms with Crippen LogP contribution in [-0.4, -0.2) is 23.6 Å². The van der Waals surface area contributed by atoms with E-state index in [9.17, 15) is 19.2 Å². The lowest BCUT2D eigenvalue weighted by Gasteiger charge is -2.18. The summed E-state index contributed by atoms with van der Waals surface area (Å²) in [5.74, 6) is -1.49. The van der Waals surface area contributed by atoms with Gasteiger partial charge in [0.05, 0.1) is 17.5 Å². The number of allylic oxidation sites excluding steroid dienone is 2. The Kier molecular flexibility index (Phi) is 6.21. The molecule has 1 fully saturated rings. The second-order valence-electron chi connectivity index (χ2n) is 9.11. The third-order valence-corrected chi connectivity index (χ3v) is 6.65. The van der Waals surface area contributed by atoms with Crippen molar-refractivity contribution in [2.75, 3.05) is 15.5 Å². The predicted octanol–water partition coefficient (Wildman–Crippen LogP) is 5.04. The molecule has 2 aliphatic rings. The van der Waals surface area contributed by atoms with E-state index in [1.54, 1.807) is 72.8 Å². The second-order valence-corrected chi connectivity index (χ2v) is 9.11. The number of carbonyl (C=O) groups excluding carboxylic acids is 4. The number of hydrogen-bond donors (Lipinski definition) is 2. The first-order valence-electron chi connectivity index (χ1n) is 11.8. The van der Waals surface area contributed by atoms with Crippen LogP contribution in [0.25, 0.3) is 0 Å². The van der Waals surface area contributed by atoms with E-state index >= 15 is 0 Å². The molecule has 7 nitrogen and oxygen atoms in total. The molecular weight excluding hydrogens is 454 g/mol. The fraction of sp³-hybridized carbons (Fsp3) is 0.172. The second kappa shape index (κ2) is 9.62. The smallest absolute Gasteiger partial charge is 0.255 e. The molecule has 0 aromatic heterocycles. The topological polar surface area (TPSA) is 95.6 Å². The molecule has 36 heavy (non-hydrogen) atoms. The molecular formula is C29H25N3O4. The number of nitrogens with zero attached hydrogens (tertiary/aromatic N) is 1. The Balaban J connectivity index is 1.22. The van der Waals surface area contributed by atoms with Crippen LogP contribution in [0.2, 0.25) is 0 Å². The quantitative estimate of drug-likeness (QED) is 0.396. The molecule has 1 heterocycles. The average Bonchev–Trinajstić information content (AvgIpc) is 3.14. The highest BCUT2D eigenvalue weighted by molar-refractivity contribution is 6.22. The molecule has 7 heteroatoms. The number of imide groups is 1. The summed E-state index contributed by atoms with van der Waals surface area (Å²) in [6.45, 7) is 1.98. The van der Waals surface area contributed by atoms with E-state index in [1.165, 1.54) is 4.90 Å². The molecule has 5 rings (SSSR count). The van der Waals surface area contributed by atoms with E-state index in [-0.39, 0.29) is 35.5 Å². The molecule has 3 aromatic carbocycles. The standard InChI is InChI=1S/C29H25N3O4/c1-18-7-16-24-25(17-18)29(36)32(28(24)35)23-14-8-20(9-15-23)27(34)31-22-12-10-21(11-13-22)30-26(33)19-5-3-2-4-6-19/h2-15,24-25H,16-17H2,1H3,(H,30,33)(H,31,34)/t24-,25-/m0/s1. The monoisotopic (exact) mass is 479 g/mol. The maximum Gasteiger partial charge on any atom is 0.255 e. The largest absolute Gasteiger partial charge is 0.322 e. The molecule has 180 valence electrons. The number of benzene rings is 3. The molecule has 3 aromatic rings. The summed E-state index contributed by atoms with van der Waals surface area (Å²) in [5, 5.41) is 5.63. The van der Waals surface area contributed by atoms with Gasteiger partial charge < -0.3 is 10.6 Å². The summed E-state index contributed by atoms with van der Waals surface area (Å²) in [6, 6.07) is 22.2. The third kappa shape index (κ3) is 4.55. The van der Waals surface area contributed by atoms with E-state index in [1.807, 2.05) is 19.1 Å². The van der Waals surface area contributed by atoms with Gasteiger partial charge in [0.2, 0.25) is 11.8 Å². The van der Waals surface area contributed by atoms with Crippen LogP contribution in [0.5, 0.6) is 0 Å². The Morgan fingerprint density at radius 2 is 1.25 bits per heavy atom. The van der Waals surface area contributed by atoms with Crippen LogP contribution in [0.15, 0.2) is 90.5 Å². The Hall–Kier alpha value is -4.52. The minimum Gasteiger partial charge on any atom is -0.322 e. The first kappa shape index (κ1) is 23.2. The SMILES string of the molecule is CC1=CC[C@@H]2C(=O)N(c3ccc(C(=O)Nc4ccc(NC(=O)c5ccccc5)cc4)cc3)C(=O)[C@H]2C1. The van der Waals surface area contributed by atoms with Crippen LogP contribution >= 0.6 is 0 Å². The van der Waals surface area contributed by atoms with Gasteiger partial charge >= 0.3 is 0 Å². The maximum absolute atomic E-state index is 12.9. The third-order valence-electron chi connectivity index (χ3n) is 6.65. The number of anilines is 3. The van der Waals surface area contributed by atoms with Crippen molar-refractivity contribution in [3.05, 3.63) is 102 Å². The number of carbonyl (C=O) groups is 4. The Bertz CT molecular complexity index is 1360. The number of amides is 4. The Morgan fingerprint density at radius 1 is 0.722 bits per heavy atom. The number of nitrogens with one attached hydrogen (secondary N) is 2. The average molecular weight is 480 g/mol. The van der Waals surface area contributed by atoms with Crippen molar-refractivity contribution in [1.82, 2.24) is 0 Å². The summed E-state index contributed by atoms with van der Waals surface area (Å²) >= 11 is 0. The van der Waals surface area contributed by atoms with E-state index in [0.717, 1.165) is 5.57 Å². The number of rotatable bonds is 5. The van der Waals surface area contributed by atoms with Crippen molar-refractivity contribution in [2.24, 2.45) is 11.8 Å². The highest BCUT2D eigenvalue weighted by Crippen LogP contribution is 2.39. The van der Waals surface area contributed by atoms with Crippen LogP contribution in [-0.2, 0) is 9.59 Å². The van der Waals surface area contributed by atoms with Gasteiger partial charge in [0, 0.05) is 22.5 Å². The summed E-state index contributed by atoms with van der Waals surface area (Å²) < 4.78 is 0. The fourth-order valence-electron chi connectivity index (χ4n) is 4.69. The lowest BCUT2D eigenvalue weighted by molar-refractivity contribution is -0.122. The lowest BCUT2D eigenvalue weighted by Crippen LogP contribution is -2.30. The molecule has 1 aliphatic carbocycles.